The molecule has 0 saturated heterocycles. The van der Waals surface area contributed by atoms with E-state index >= 15 is 0 Å². The molecule has 0 fully saturated rings. The van der Waals surface area contributed by atoms with Gasteiger partial charge in [0.05, 0.1) is 43.9 Å². The van der Waals surface area contributed by atoms with E-state index in [0.29, 0.717) is 22.8 Å². The van der Waals surface area contributed by atoms with Crippen LogP contribution in [0.5, 0.6) is 11.5 Å². The number of methoxy groups -OCH3 is 2. The topological polar surface area (TPSA) is 103 Å². The minimum Gasteiger partial charge on any atom is -0.504 e. The molecule has 1 amide bonds. The van der Waals surface area contributed by atoms with Crippen molar-refractivity contribution >= 4 is 28.9 Å². The zero-order chi connectivity index (χ0) is 22.8. The summed E-state index contributed by atoms with van der Waals surface area (Å²) in [5, 5.41) is 10.4. The summed E-state index contributed by atoms with van der Waals surface area (Å²) < 4.78 is 17.5. The zero-order valence-electron chi connectivity index (χ0n) is 18.1. The number of ether oxygens (including phenoxy) is 3. The van der Waals surface area contributed by atoms with Crippen LogP contribution in [0.25, 0.3) is 11.0 Å². The highest BCUT2D eigenvalue weighted by Crippen LogP contribution is 2.42. The van der Waals surface area contributed by atoms with Gasteiger partial charge in [-0.2, -0.15) is 0 Å². The number of fused-ring (bicyclic) bond motifs is 3. The molecule has 0 aliphatic carbocycles. The van der Waals surface area contributed by atoms with Gasteiger partial charge in [0.1, 0.15) is 0 Å². The lowest BCUT2D eigenvalue weighted by atomic mass is 9.89. The molecular weight excluding hydrogens is 414 g/mol. The number of phenols is 1. The molecular formula is C23H25N3O6. The Morgan fingerprint density at radius 3 is 2.66 bits per heavy atom. The third kappa shape index (κ3) is 3.54. The van der Waals surface area contributed by atoms with Gasteiger partial charge in [-0.05, 0) is 36.8 Å². The maximum Gasteiger partial charge on any atom is 0.321 e. The van der Waals surface area contributed by atoms with E-state index in [1.807, 2.05) is 28.8 Å². The van der Waals surface area contributed by atoms with Gasteiger partial charge in [0.2, 0.25) is 11.9 Å². The van der Waals surface area contributed by atoms with Gasteiger partial charge in [0.25, 0.3) is 0 Å². The van der Waals surface area contributed by atoms with Crippen LogP contribution < -0.4 is 9.64 Å². The van der Waals surface area contributed by atoms with Crippen LogP contribution in [0.4, 0.5) is 5.95 Å². The van der Waals surface area contributed by atoms with E-state index in [1.165, 1.54) is 18.1 Å². The van der Waals surface area contributed by atoms with Crippen LogP contribution in [0.3, 0.4) is 0 Å². The lowest BCUT2D eigenvalue weighted by Gasteiger charge is -2.37. The third-order valence-corrected chi connectivity index (χ3v) is 5.55. The molecule has 1 N–H and O–H groups in total. The summed E-state index contributed by atoms with van der Waals surface area (Å²) in [6.45, 7) is 2.34. The second-order valence-electron chi connectivity index (χ2n) is 7.36. The van der Waals surface area contributed by atoms with E-state index in [9.17, 15) is 14.7 Å². The minimum atomic E-state index is -1.16. The van der Waals surface area contributed by atoms with E-state index in [0.717, 1.165) is 5.52 Å². The number of aromatic nitrogens is 2. The first-order valence-corrected chi connectivity index (χ1v) is 10.3. The van der Waals surface area contributed by atoms with Crippen molar-refractivity contribution in [3.8, 4) is 11.5 Å². The molecule has 1 aliphatic heterocycles. The number of imidazole rings is 1. The number of para-hydroxylation sites is 2. The van der Waals surface area contributed by atoms with Crippen molar-refractivity contribution in [2.24, 2.45) is 5.92 Å². The van der Waals surface area contributed by atoms with Gasteiger partial charge in [-0.25, -0.2) is 4.98 Å². The van der Waals surface area contributed by atoms with Crippen LogP contribution in [0.2, 0.25) is 0 Å². The Labute approximate surface area is 185 Å². The van der Waals surface area contributed by atoms with E-state index in [4.69, 9.17) is 14.2 Å². The summed E-state index contributed by atoms with van der Waals surface area (Å²) >= 11 is 0. The van der Waals surface area contributed by atoms with Crippen molar-refractivity contribution in [3.63, 3.8) is 0 Å². The number of amides is 1. The predicted molar refractivity (Wildman–Crippen MR) is 117 cm³/mol. The molecule has 9 heteroatoms. The van der Waals surface area contributed by atoms with E-state index in [1.54, 1.807) is 26.2 Å². The summed E-state index contributed by atoms with van der Waals surface area (Å²) in [6, 6.07) is 11.5. The lowest BCUT2D eigenvalue weighted by Crippen LogP contribution is -2.51. The Morgan fingerprint density at radius 1 is 1.19 bits per heavy atom. The van der Waals surface area contributed by atoms with Gasteiger partial charge in [0.15, 0.2) is 17.4 Å². The molecule has 0 unspecified atom stereocenters. The largest absolute Gasteiger partial charge is 0.504 e. The maximum absolute atomic E-state index is 13.6. The first-order valence-electron chi connectivity index (χ1n) is 10.3. The molecule has 9 nitrogen and oxygen atoms in total. The number of nitrogens with zero attached hydrogens (tertiary/aromatic N) is 3. The minimum absolute atomic E-state index is 0.0900. The number of carbonyl (C=O) groups excluding carboxylic acids is 2. The SMILES string of the molecule is CCOC(=O)[C@@H]1C(=O)N(CCOC)c2nc3ccccc3n2[C@H]1c1ccc(OC)c(O)c1. The molecule has 2 atom stereocenters. The van der Waals surface area contributed by atoms with Crippen LogP contribution >= 0.6 is 0 Å². The fourth-order valence-electron chi connectivity index (χ4n) is 4.13. The lowest BCUT2D eigenvalue weighted by molar-refractivity contribution is -0.153. The van der Waals surface area contributed by atoms with Gasteiger partial charge in [-0.3, -0.25) is 14.5 Å². The van der Waals surface area contributed by atoms with Crippen molar-refractivity contribution < 1.29 is 28.9 Å². The average Bonchev–Trinajstić information content (AvgIpc) is 3.17. The molecule has 1 aliphatic rings. The van der Waals surface area contributed by atoms with Gasteiger partial charge < -0.3 is 23.9 Å². The van der Waals surface area contributed by atoms with Gasteiger partial charge in [-0.15, -0.1) is 0 Å². The van der Waals surface area contributed by atoms with E-state index in [2.05, 4.69) is 4.98 Å². The van der Waals surface area contributed by atoms with Crippen molar-refractivity contribution in [1.82, 2.24) is 9.55 Å². The van der Waals surface area contributed by atoms with Crippen molar-refractivity contribution in [2.75, 3.05) is 38.9 Å². The number of phenolic OH excluding ortho intramolecular Hbond substituents is 1. The fourth-order valence-corrected chi connectivity index (χ4v) is 4.13. The molecule has 0 saturated carbocycles. The molecule has 32 heavy (non-hydrogen) atoms. The Balaban J connectivity index is 1.98. The van der Waals surface area contributed by atoms with Gasteiger partial charge >= 0.3 is 5.97 Å². The molecule has 1 aromatic heterocycles. The van der Waals surface area contributed by atoms with Crippen molar-refractivity contribution in [2.45, 2.75) is 13.0 Å². The molecule has 2 aromatic carbocycles. The summed E-state index contributed by atoms with van der Waals surface area (Å²) in [5.41, 5.74) is 2.00. The molecule has 3 aromatic rings. The van der Waals surface area contributed by atoms with Crippen LogP contribution in [-0.2, 0) is 19.1 Å². The summed E-state index contributed by atoms with van der Waals surface area (Å²) in [7, 11) is 3.00. The Morgan fingerprint density at radius 2 is 1.97 bits per heavy atom. The van der Waals surface area contributed by atoms with Crippen LogP contribution in [0, 0.1) is 5.92 Å². The molecule has 0 radical (unpaired) electrons. The number of anilines is 1. The highest BCUT2D eigenvalue weighted by molar-refractivity contribution is 6.08. The smallest absolute Gasteiger partial charge is 0.321 e. The molecule has 0 spiro atoms. The first kappa shape index (κ1) is 21.6. The summed E-state index contributed by atoms with van der Waals surface area (Å²) in [4.78, 5) is 32.8. The molecule has 0 bridgehead atoms. The second-order valence-corrected chi connectivity index (χ2v) is 7.36. The van der Waals surface area contributed by atoms with Gasteiger partial charge in [-0.1, -0.05) is 18.2 Å². The number of carbonyl (C=O) groups is 2. The Bertz CT molecular complexity index is 1160. The number of benzene rings is 2. The highest BCUT2D eigenvalue weighted by Gasteiger charge is 2.47. The number of aromatic hydroxyl groups is 1. The van der Waals surface area contributed by atoms with Crippen LogP contribution in [-0.4, -0.2) is 60.5 Å². The monoisotopic (exact) mass is 439 g/mol. The average molecular weight is 439 g/mol. The Hall–Kier alpha value is -3.59. The van der Waals surface area contributed by atoms with Crippen LogP contribution in [0.1, 0.15) is 18.5 Å². The third-order valence-electron chi connectivity index (χ3n) is 5.55. The number of rotatable bonds is 7. The summed E-state index contributed by atoms with van der Waals surface area (Å²) in [6.07, 6.45) is 0. The first-order chi connectivity index (χ1) is 15.5. The van der Waals surface area contributed by atoms with Crippen molar-refractivity contribution in [1.29, 1.82) is 0 Å². The maximum atomic E-state index is 13.6. The van der Waals surface area contributed by atoms with Crippen LogP contribution in [0.15, 0.2) is 42.5 Å². The highest BCUT2D eigenvalue weighted by atomic mass is 16.5. The van der Waals surface area contributed by atoms with Gasteiger partial charge in [0, 0.05) is 7.11 Å². The van der Waals surface area contributed by atoms with Crippen molar-refractivity contribution in [3.05, 3.63) is 48.0 Å². The predicted octanol–water partition coefficient (Wildman–Crippen LogP) is 2.51. The summed E-state index contributed by atoms with van der Waals surface area (Å²) in [5.74, 6) is -1.61. The quantitative estimate of drug-likeness (QED) is 0.446. The molecule has 168 valence electrons. The number of hydrogen-bond donors (Lipinski definition) is 1. The van der Waals surface area contributed by atoms with E-state index in [-0.39, 0.29) is 25.5 Å². The fraction of sp³-hybridized carbons (Fsp3) is 0.348. The zero-order valence-corrected chi connectivity index (χ0v) is 18.1. The standard InChI is InChI=1S/C23H25N3O6/c1-4-32-22(29)19-20(14-9-10-18(31-3)17(27)13-14)26-16-8-6-5-7-15(16)24-23(26)25(21(19)28)11-12-30-2/h5-10,13,19-20,27H,4,11-12H2,1-3H3/t19-,20-/m0/s1. The second kappa shape index (κ2) is 8.88. The molecule has 2 heterocycles. The molecule has 4 rings (SSSR count). The Kier molecular flexibility index (Phi) is 6.00. The van der Waals surface area contributed by atoms with E-state index < -0.39 is 23.8 Å². The normalized spacial score (nSPS) is 18.0. The number of esters is 1. The number of hydrogen-bond acceptors (Lipinski definition) is 7.